The topological polar surface area (TPSA) is 93.5 Å². The number of non-ortho nitro benzene ring substituents is 1. The molecule has 0 heterocycles. The summed E-state index contributed by atoms with van der Waals surface area (Å²) in [4.78, 5) is 21.8. The van der Waals surface area contributed by atoms with Crippen LogP contribution in [-0.4, -0.2) is 30.5 Å². The van der Waals surface area contributed by atoms with Crippen LogP contribution in [0, 0.1) is 10.1 Å². The van der Waals surface area contributed by atoms with Gasteiger partial charge in [0.2, 0.25) is 5.91 Å². The van der Waals surface area contributed by atoms with Gasteiger partial charge in [-0.1, -0.05) is 6.92 Å². The number of hydrogen-bond acceptors (Lipinski definition) is 5. The first-order valence-electron chi connectivity index (χ1n) is 6.99. The van der Waals surface area contributed by atoms with Crippen LogP contribution in [0.2, 0.25) is 0 Å². The Hall–Kier alpha value is -2.31. The maximum Gasteiger partial charge on any atom is 0.275 e. The molecule has 0 saturated carbocycles. The molecule has 0 fully saturated rings. The molecule has 21 heavy (non-hydrogen) atoms. The van der Waals surface area contributed by atoms with Gasteiger partial charge in [-0.3, -0.25) is 14.9 Å². The van der Waals surface area contributed by atoms with E-state index in [0.29, 0.717) is 37.6 Å². The molecule has 0 radical (unpaired) electrons. The highest BCUT2D eigenvalue weighted by Gasteiger charge is 2.11. The molecule has 1 aromatic rings. The van der Waals surface area contributed by atoms with Gasteiger partial charge in [0.1, 0.15) is 5.75 Å². The van der Waals surface area contributed by atoms with Gasteiger partial charge < -0.3 is 15.4 Å². The van der Waals surface area contributed by atoms with E-state index in [9.17, 15) is 14.9 Å². The van der Waals surface area contributed by atoms with Gasteiger partial charge >= 0.3 is 0 Å². The highest BCUT2D eigenvalue weighted by atomic mass is 16.6. The summed E-state index contributed by atoms with van der Waals surface area (Å²) in [7, 11) is 0. The highest BCUT2D eigenvalue weighted by Crippen LogP contribution is 2.26. The average molecular weight is 295 g/mol. The van der Waals surface area contributed by atoms with Gasteiger partial charge in [-0.15, -0.1) is 0 Å². The number of amides is 1. The number of nitrogens with one attached hydrogen (secondary N) is 2. The zero-order chi connectivity index (χ0) is 15.7. The first kappa shape index (κ1) is 16.7. The van der Waals surface area contributed by atoms with Crippen molar-refractivity contribution < 1.29 is 14.5 Å². The normalized spacial score (nSPS) is 10.0. The van der Waals surface area contributed by atoms with Crippen LogP contribution in [0.15, 0.2) is 18.2 Å². The molecule has 0 spiro atoms. The number of rotatable bonds is 9. The van der Waals surface area contributed by atoms with Gasteiger partial charge in [-0.2, -0.15) is 0 Å². The number of carbonyl (C=O) groups is 1. The van der Waals surface area contributed by atoms with Crippen LogP contribution in [0.25, 0.3) is 0 Å². The molecule has 0 bridgehead atoms. The highest BCUT2D eigenvalue weighted by molar-refractivity contribution is 5.76. The molecule has 7 nitrogen and oxygen atoms in total. The van der Waals surface area contributed by atoms with Crippen molar-refractivity contribution in [2.24, 2.45) is 0 Å². The zero-order valence-corrected chi connectivity index (χ0v) is 12.3. The minimum absolute atomic E-state index is 0.0379. The molecular formula is C14H21N3O4. The van der Waals surface area contributed by atoms with Gasteiger partial charge in [-0.05, 0) is 13.3 Å². The monoisotopic (exact) mass is 295 g/mol. The molecule has 0 aliphatic heterocycles. The fourth-order valence-electron chi connectivity index (χ4n) is 1.70. The van der Waals surface area contributed by atoms with E-state index in [1.807, 2.05) is 13.8 Å². The smallest absolute Gasteiger partial charge is 0.275 e. The Labute approximate surface area is 123 Å². The van der Waals surface area contributed by atoms with E-state index in [1.165, 1.54) is 12.1 Å². The number of anilines is 1. The Morgan fingerprint density at radius 2 is 2.10 bits per heavy atom. The van der Waals surface area contributed by atoms with Crippen molar-refractivity contribution in [2.45, 2.75) is 26.7 Å². The summed E-state index contributed by atoms with van der Waals surface area (Å²) in [5.74, 6) is 0.393. The second-order valence-corrected chi connectivity index (χ2v) is 4.45. The summed E-state index contributed by atoms with van der Waals surface area (Å²) in [6, 6.07) is 4.52. The van der Waals surface area contributed by atoms with E-state index < -0.39 is 4.92 Å². The van der Waals surface area contributed by atoms with Crippen molar-refractivity contribution in [1.82, 2.24) is 5.32 Å². The third kappa shape index (κ3) is 6.11. The third-order valence-corrected chi connectivity index (χ3v) is 2.63. The summed E-state index contributed by atoms with van der Waals surface area (Å²) in [5.41, 5.74) is 0.531. The summed E-state index contributed by atoms with van der Waals surface area (Å²) < 4.78 is 5.43. The van der Waals surface area contributed by atoms with Crippen LogP contribution < -0.4 is 15.4 Å². The predicted molar refractivity (Wildman–Crippen MR) is 80.7 cm³/mol. The number of nitro benzene ring substituents is 1. The standard InChI is InChI=1S/C14H21N3O4/c1-3-7-21-13-9-11(8-12(10-13)17(19)20)16-6-5-14(18)15-4-2/h8-10,16H,3-7H2,1-2H3,(H,15,18). The number of carbonyl (C=O) groups excluding carboxylic acids is 1. The average Bonchev–Trinajstić information content (AvgIpc) is 2.45. The summed E-state index contributed by atoms with van der Waals surface area (Å²) in [5, 5.41) is 16.6. The van der Waals surface area contributed by atoms with E-state index in [0.717, 1.165) is 6.42 Å². The lowest BCUT2D eigenvalue weighted by atomic mass is 10.2. The first-order chi connectivity index (χ1) is 10.1. The summed E-state index contributed by atoms with van der Waals surface area (Å²) >= 11 is 0. The summed E-state index contributed by atoms with van der Waals surface area (Å²) in [6.07, 6.45) is 1.13. The van der Waals surface area contributed by atoms with Crippen molar-refractivity contribution in [3.8, 4) is 5.75 Å². The number of nitrogens with zero attached hydrogens (tertiary/aromatic N) is 1. The van der Waals surface area contributed by atoms with Crippen molar-refractivity contribution >= 4 is 17.3 Å². The number of ether oxygens (including phenoxy) is 1. The van der Waals surface area contributed by atoms with Crippen LogP contribution in [0.1, 0.15) is 26.7 Å². The lowest BCUT2D eigenvalue weighted by Crippen LogP contribution is -2.24. The van der Waals surface area contributed by atoms with Gasteiger partial charge in [0.25, 0.3) is 5.69 Å². The number of nitro groups is 1. The Balaban J connectivity index is 2.69. The molecule has 116 valence electrons. The lowest BCUT2D eigenvalue weighted by Gasteiger charge is -2.09. The molecule has 2 N–H and O–H groups in total. The van der Waals surface area contributed by atoms with Gasteiger partial charge in [0.05, 0.1) is 17.6 Å². The number of benzene rings is 1. The minimum Gasteiger partial charge on any atom is -0.493 e. The number of hydrogen-bond donors (Lipinski definition) is 2. The fourth-order valence-corrected chi connectivity index (χ4v) is 1.70. The predicted octanol–water partition coefficient (Wildman–Crippen LogP) is 2.32. The van der Waals surface area contributed by atoms with E-state index in [4.69, 9.17) is 4.74 Å². The van der Waals surface area contributed by atoms with Gasteiger partial charge in [0, 0.05) is 37.3 Å². The molecule has 0 unspecified atom stereocenters. The molecule has 1 amide bonds. The molecule has 0 aliphatic rings. The first-order valence-corrected chi connectivity index (χ1v) is 6.99. The van der Waals surface area contributed by atoms with Crippen molar-refractivity contribution in [1.29, 1.82) is 0 Å². The van der Waals surface area contributed by atoms with Crippen LogP contribution >= 0.6 is 0 Å². The Morgan fingerprint density at radius 1 is 1.33 bits per heavy atom. The molecular weight excluding hydrogens is 274 g/mol. The maximum absolute atomic E-state index is 11.3. The molecule has 0 saturated heterocycles. The van der Waals surface area contributed by atoms with E-state index >= 15 is 0 Å². The SMILES string of the molecule is CCCOc1cc(NCCC(=O)NCC)cc([N+](=O)[O-])c1. The second-order valence-electron chi connectivity index (χ2n) is 4.45. The molecule has 0 aliphatic carbocycles. The Bertz CT molecular complexity index is 491. The van der Waals surface area contributed by atoms with Crippen LogP contribution in [-0.2, 0) is 4.79 Å². The summed E-state index contributed by atoms with van der Waals surface area (Å²) in [6.45, 7) is 5.30. The molecule has 0 atom stereocenters. The van der Waals surface area contributed by atoms with Crippen molar-refractivity contribution in [3.63, 3.8) is 0 Å². The molecule has 0 aromatic heterocycles. The van der Waals surface area contributed by atoms with Crippen molar-refractivity contribution in [2.75, 3.05) is 25.0 Å². The Kier molecular flexibility index (Phi) is 7.00. The maximum atomic E-state index is 11.3. The Morgan fingerprint density at radius 3 is 2.71 bits per heavy atom. The van der Waals surface area contributed by atoms with E-state index in [2.05, 4.69) is 10.6 Å². The third-order valence-electron chi connectivity index (χ3n) is 2.63. The minimum atomic E-state index is -0.465. The zero-order valence-electron chi connectivity index (χ0n) is 12.3. The van der Waals surface area contributed by atoms with E-state index in [-0.39, 0.29) is 11.6 Å². The van der Waals surface area contributed by atoms with Crippen LogP contribution in [0.3, 0.4) is 0 Å². The molecule has 7 heteroatoms. The second kappa shape index (κ2) is 8.78. The molecule has 1 aromatic carbocycles. The fraction of sp³-hybridized carbons (Fsp3) is 0.500. The lowest BCUT2D eigenvalue weighted by molar-refractivity contribution is -0.384. The van der Waals surface area contributed by atoms with Crippen LogP contribution in [0.4, 0.5) is 11.4 Å². The quantitative estimate of drug-likeness (QED) is 0.538. The molecule has 1 rings (SSSR count). The van der Waals surface area contributed by atoms with E-state index in [1.54, 1.807) is 6.07 Å². The largest absolute Gasteiger partial charge is 0.493 e. The van der Waals surface area contributed by atoms with Crippen LogP contribution in [0.5, 0.6) is 5.75 Å². The van der Waals surface area contributed by atoms with Gasteiger partial charge in [0.15, 0.2) is 0 Å². The van der Waals surface area contributed by atoms with Gasteiger partial charge in [-0.25, -0.2) is 0 Å². The van der Waals surface area contributed by atoms with Crippen molar-refractivity contribution in [3.05, 3.63) is 28.3 Å².